The van der Waals surface area contributed by atoms with E-state index >= 15 is 0 Å². The van der Waals surface area contributed by atoms with Crippen molar-refractivity contribution in [2.45, 2.75) is 0 Å². The van der Waals surface area contributed by atoms with E-state index in [4.69, 9.17) is 20.2 Å². The van der Waals surface area contributed by atoms with Crippen LogP contribution in [-0.2, 0) is 10.1 Å². The Kier molecular flexibility index (Phi) is 3.87. The molecule has 0 amide bonds. The highest BCUT2D eigenvalue weighted by Crippen LogP contribution is 2.35. The number of benzene rings is 2. The molecular weight excluding hydrogens is 340 g/mol. The Morgan fingerprint density at radius 2 is 1.78 bits per heavy atom. The van der Waals surface area contributed by atoms with Gasteiger partial charge < -0.3 is 8.60 Å². The van der Waals surface area contributed by atoms with Gasteiger partial charge in [0, 0.05) is 17.5 Å². The minimum Gasteiger partial charge on any atom is -0.423 e. The fourth-order valence-electron chi connectivity index (χ4n) is 2.25. The molecule has 7 heteroatoms. The van der Waals surface area contributed by atoms with Gasteiger partial charge in [-0.2, -0.15) is 8.42 Å². The van der Waals surface area contributed by atoms with Gasteiger partial charge in [-0.25, -0.2) is 4.79 Å². The van der Waals surface area contributed by atoms with Gasteiger partial charge in [-0.15, -0.1) is 0 Å². The number of rotatable bonds is 3. The van der Waals surface area contributed by atoms with E-state index in [0.29, 0.717) is 10.9 Å². The van der Waals surface area contributed by atoms with E-state index in [0.717, 1.165) is 11.8 Å². The van der Waals surface area contributed by atoms with E-state index in [9.17, 15) is 13.2 Å². The first kappa shape index (κ1) is 15.6. The Balaban J connectivity index is 2.29. The topological polar surface area (TPSA) is 73.6 Å². The molecule has 3 rings (SSSR count). The molecule has 5 nitrogen and oxygen atoms in total. The van der Waals surface area contributed by atoms with Crippen molar-refractivity contribution in [3.8, 4) is 16.9 Å². The lowest BCUT2D eigenvalue weighted by Crippen LogP contribution is -2.06. The van der Waals surface area contributed by atoms with Gasteiger partial charge in [-0.05, 0) is 17.2 Å². The highest BCUT2D eigenvalue weighted by Gasteiger charge is 2.15. The van der Waals surface area contributed by atoms with Crippen LogP contribution in [0.1, 0.15) is 0 Å². The molecular formula is C16H11ClO5S. The average molecular weight is 351 g/mol. The molecule has 0 spiro atoms. The van der Waals surface area contributed by atoms with Crippen molar-refractivity contribution in [1.82, 2.24) is 0 Å². The Morgan fingerprint density at radius 1 is 1.09 bits per heavy atom. The van der Waals surface area contributed by atoms with E-state index in [1.807, 2.05) is 30.3 Å². The second kappa shape index (κ2) is 5.72. The zero-order chi connectivity index (χ0) is 16.6. The predicted molar refractivity (Wildman–Crippen MR) is 88.4 cm³/mol. The standard InChI is InChI=1S/C16H11ClO5S/c1-23(19,20)22-15-9-14-12(7-13(15)17)11(8-16(18)21-14)10-5-3-2-4-6-10/h2-9H,1H3. The molecule has 0 fully saturated rings. The molecule has 0 radical (unpaired) electrons. The van der Waals surface area contributed by atoms with Crippen molar-refractivity contribution in [2.75, 3.05) is 6.26 Å². The molecule has 0 unspecified atom stereocenters. The van der Waals surface area contributed by atoms with Gasteiger partial charge in [0.15, 0.2) is 5.75 Å². The highest BCUT2D eigenvalue weighted by atomic mass is 35.5. The van der Waals surface area contributed by atoms with Gasteiger partial charge in [-0.3, -0.25) is 0 Å². The first-order valence-corrected chi connectivity index (χ1v) is 8.75. The lowest BCUT2D eigenvalue weighted by molar-refractivity contribution is 0.492. The van der Waals surface area contributed by atoms with Gasteiger partial charge in [0.2, 0.25) is 0 Å². The maximum Gasteiger partial charge on any atom is 0.336 e. The van der Waals surface area contributed by atoms with Crippen molar-refractivity contribution >= 4 is 32.7 Å². The van der Waals surface area contributed by atoms with E-state index in [-0.39, 0.29) is 16.4 Å². The average Bonchev–Trinajstić information content (AvgIpc) is 2.47. The Hall–Kier alpha value is -2.31. The van der Waals surface area contributed by atoms with E-state index < -0.39 is 15.7 Å². The molecule has 23 heavy (non-hydrogen) atoms. The third-order valence-electron chi connectivity index (χ3n) is 3.12. The van der Waals surface area contributed by atoms with Crippen LogP contribution in [0.2, 0.25) is 5.02 Å². The molecule has 0 aliphatic rings. The molecule has 0 saturated carbocycles. The molecule has 1 aromatic heterocycles. The van der Waals surface area contributed by atoms with E-state index in [2.05, 4.69) is 0 Å². The Bertz CT molecular complexity index is 1040. The maximum absolute atomic E-state index is 11.8. The molecule has 0 saturated heterocycles. The van der Waals surface area contributed by atoms with Gasteiger partial charge in [-0.1, -0.05) is 41.9 Å². The Morgan fingerprint density at radius 3 is 2.43 bits per heavy atom. The fraction of sp³-hybridized carbons (Fsp3) is 0.0625. The maximum atomic E-state index is 11.8. The number of hydrogen-bond acceptors (Lipinski definition) is 5. The van der Waals surface area contributed by atoms with Gasteiger partial charge >= 0.3 is 15.7 Å². The summed E-state index contributed by atoms with van der Waals surface area (Å²) in [4.78, 5) is 11.8. The molecule has 2 aromatic carbocycles. The van der Waals surface area contributed by atoms with Crippen LogP contribution in [0.15, 0.2) is 57.7 Å². The summed E-state index contributed by atoms with van der Waals surface area (Å²) < 4.78 is 32.5. The van der Waals surface area contributed by atoms with Crippen molar-refractivity contribution in [3.05, 3.63) is 64.0 Å². The molecule has 1 heterocycles. The van der Waals surface area contributed by atoms with Crippen LogP contribution in [0.5, 0.6) is 5.75 Å². The van der Waals surface area contributed by atoms with Crippen LogP contribution in [0, 0.1) is 0 Å². The van der Waals surface area contributed by atoms with Crippen LogP contribution in [0.25, 0.3) is 22.1 Å². The molecule has 3 aromatic rings. The first-order chi connectivity index (χ1) is 10.8. The second-order valence-corrected chi connectivity index (χ2v) is 6.89. The normalized spacial score (nSPS) is 11.6. The van der Waals surface area contributed by atoms with Crippen LogP contribution in [-0.4, -0.2) is 14.7 Å². The zero-order valence-electron chi connectivity index (χ0n) is 11.9. The SMILES string of the molecule is CS(=O)(=O)Oc1cc2oc(=O)cc(-c3ccccc3)c2cc1Cl. The lowest BCUT2D eigenvalue weighted by atomic mass is 10.0. The molecule has 0 N–H and O–H groups in total. The number of hydrogen-bond donors (Lipinski definition) is 0. The smallest absolute Gasteiger partial charge is 0.336 e. The van der Waals surface area contributed by atoms with Crippen LogP contribution in [0.3, 0.4) is 0 Å². The minimum absolute atomic E-state index is 0.0879. The van der Waals surface area contributed by atoms with Crippen molar-refractivity contribution in [3.63, 3.8) is 0 Å². The largest absolute Gasteiger partial charge is 0.423 e. The molecule has 0 aliphatic carbocycles. The summed E-state index contributed by atoms with van der Waals surface area (Å²) in [5.74, 6) is -0.0879. The van der Waals surface area contributed by atoms with Crippen LogP contribution < -0.4 is 9.81 Å². The van der Waals surface area contributed by atoms with Crippen LogP contribution >= 0.6 is 11.6 Å². The molecule has 0 atom stereocenters. The second-order valence-electron chi connectivity index (χ2n) is 4.91. The fourth-order valence-corrected chi connectivity index (χ4v) is 2.96. The quantitative estimate of drug-likeness (QED) is 0.534. The zero-order valence-corrected chi connectivity index (χ0v) is 13.5. The third kappa shape index (κ3) is 3.38. The van der Waals surface area contributed by atoms with Crippen LogP contribution in [0.4, 0.5) is 0 Å². The van der Waals surface area contributed by atoms with Crippen molar-refractivity contribution in [2.24, 2.45) is 0 Å². The summed E-state index contributed by atoms with van der Waals surface area (Å²) in [5.41, 5.74) is 1.10. The van der Waals surface area contributed by atoms with E-state index in [1.54, 1.807) is 0 Å². The molecule has 0 bridgehead atoms. The summed E-state index contributed by atoms with van der Waals surface area (Å²) in [6, 6.07) is 13.4. The summed E-state index contributed by atoms with van der Waals surface area (Å²) in [6.45, 7) is 0. The monoisotopic (exact) mass is 350 g/mol. The number of fused-ring (bicyclic) bond motifs is 1. The number of halogens is 1. The minimum atomic E-state index is -3.74. The van der Waals surface area contributed by atoms with Crippen molar-refractivity contribution < 1.29 is 17.0 Å². The summed E-state index contributed by atoms with van der Waals surface area (Å²) in [6.07, 6.45) is 0.907. The summed E-state index contributed by atoms with van der Waals surface area (Å²) >= 11 is 6.10. The van der Waals surface area contributed by atoms with Gasteiger partial charge in [0.25, 0.3) is 0 Å². The van der Waals surface area contributed by atoms with Gasteiger partial charge in [0.1, 0.15) is 5.58 Å². The van der Waals surface area contributed by atoms with Crippen molar-refractivity contribution in [1.29, 1.82) is 0 Å². The Labute approximate surface area is 137 Å². The summed E-state index contributed by atoms with van der Waals surface area (Å²) in [7, 11) is -3.74. The summed E-state index contributed by atoms with van der Waals surface area (Å²) in [5, 5.41) is 0.690. The molecule has 0 aliphatic heterocycles. The van der Waals surface area contributed by atoms with E-state index in [1.165, 1.54) is 18.2 Å². The predicted octanol–water partition coefficient (Wildman–Crippen LogP) is 3.45. The molecule has 118 valence electrons. The van der Waals surface area contributed by atoms with Gasteiger partial charge in [0.05, 0.1) is 11.3 Å². The highest BCUT2D eigenvalue weighted by molar-refractivity contribution is 7.86. The first-order valence-electron chi connectivity index (χ1n) is 6.56. The lowest BCUT2D eigenvalue weighted by Gasteiger charge is -2.09. The third-order valence-corrected chi connectivity index (χ3v) is 3.90.